The molecule has 1 N–H and O–H groups in total. The first kappa shape index (κ1) is 16.9. The average molecular weight is 278 g/mol. The maximum Gasteiger partial charge on any atom is 0.128 e. The van der Waals surface area contributed by atoms with Gasteiger partial charge in [0.25, 0.3) is 0 Å². The highest BCUT2D eigenvalue weighted by Gasteiger charge is 2.10. The maximum absolute atomic E-state index is 4.63. The normalized spacial score (nSPS) is 11.3. The Hall–Kier alpha value is -1.13. The van der Waals surface area contributed by atoms with Gasteiger partial charge in [0.1, 0.15) is 5.82 Å². The quantitative estimate of drug-likeness (QED) is 0.750. The van der Waals surface area contributed by atoms with Gasteiger partial charge in [0, 0.05) is 32.4 Å². The molecule has 0 saturated carbocycles. The zero-order chi connectivity index (χ0) is 15.0. The number of anilines is 1. The number of nitrogens with zero attached hydrogens (tertiary/aromatic N) is 3. The summed E-state index contributed by atoms with van der Waals surface area (Å²) >= 11 is 0. The van der Waals surface area contributed by atoms with Crippen LogP contribution in [0.5, 0.6) is 0 Å². The summed E-state index contributed by atoms with van der Waals surface area (Å²) < 4.78 is 0. The molecule has 4 nitrogen and oxygen atoms in total. The van der Waals surface area contributed by atoms with Crippen LogP contribution < -0.4 is 10.2 Å². The third-order valence-electron chi connectivity index (χ3n) is 3.11. The molecule has 1 heterocycles. The van der Waals surface area contributed by atoms with Crippen molar-refractivity contribution >= 4 is 5.82 Å². The largest absolute Gasteiger partial charge is 0.355 e. The minimum absolute atomic E-state index is 0.639. The molecule has 0 amide bonds. The molecule has 0 aliphatic carbocycles. The Bertz CT molecular complexity index is 359. The second kappa shape index (κ2) is 8.93. The van der Waals surface area contributed by atoms with Crippen molar-refractivity contribution in [2.45, 2.75) is 27.3 Å². The molecule has 1 aromatic rings. The second-order valence-electron chi connectivity index (χ2n) is 5.95. The Labute approximate surface area is 124 Å². The van der Waals surface area contributed by atoms with Gasteiger partial charge in [-0.05, 0) is 38.2 Å². The third kappa shape index (κ3) is 6.35. The lowest BCUT2D eigenvalue weighted by Gasteiger charge is -2.27. The first-order valence-electron chi connectivity index (χ1n) is 7.58. The van der Waals surface area contributed by atoms with Crippen LogP contribution in [0.1, 0.15) is 26.3 Å². The molecule has 0 unspecified atom stereocenters. The average Bonchev–Trinajstić information content (AvgIpc) is 2.41. The summed E-state index contributed by atoms with van der Waals surface area (Å²) in [7, 11) is 4.22. The van der Waals surface area contributed by atoms with Crippen LogP contribution in [0.25, 0.3) is 0 Å². The molecule has 0 bridgehead atoms. The van der Waals surface area contributed by atoms with Crippen LogP contribution in [0.4, 0.5) is 5.82 Å². The van der Waals surface area contributed by atoms with Crippen molar-refractivity contribution < 1.29 is 0 Å². The third-order valence-corrected chi connectivity index (χ3v) is 3.11. The highest BCUT2D eigenvalue weighted by atomic mass is 15.2. The molecule has 0 fully saturated rings. The van der Waals surface area contributed by atoms with Crippen molar-refractivity contribution in [1.29, 1.82) is 0 Å². The van der Waals surface area contributed by atoms with Crippen molar-refractivity contribution in [3.8, 4) is 0 Å². The molecule has 0 aliphatic heterocycles. The van der Waals surface area contributed by atoms with Gasteiger partial charge in [0.15, 0.2) is 0 Å². The predicted octanol–water partition coefficient (Wildman–Crippen LogP) is 2.22. The van der Waals surface area contributed by atoms with Gasteiger partial charge >= 0.3 is 0 Å². The van der Waals surface area contributed by atoms with E-state index in [2.05, 4.69) is 67.1 Å². The minimum atomic E-state index is 0.639. The zero-order valence-corrected chi connectivity index (χ0v) is 13.7. The molecule has 4 heteroatoms. The molecule has 0 spiro atoms. The van der Waals surface area contributed by atoms with Crippen LogP contribution in [0.3, 0.4) is 0 Å². The molecule has 0 radical (unpaired) electrons. The zero-order valence-electron chi connectivity index (χ0n) is 13.7. The fraction of sp³-hybridized carbons (Fsp3) is 0.688. The van der Waals surface area contributed by atoms with Gasteiger partial charge in [-0.2, -0.15) is 0 Å². The van der Waals surface area contributed by atoms with E-state index >= 15 is 0 Å². The van der Waals surface area contributed by atoms with Crippen molar-refractivity contribution in [1.82, 2.24) is 15.2 Å². The predicted molar refractivity (Wildman–Crippen MR) is 87.2 cm³/mol. The number of aromatic nitrogens is 1. The Morgan fingerprint density at radius 1 is 1.20 bits per heavy atom. The van der Waals surface area contributed by atoms with Crippen molar-refractivity contribution in [2.75, 3.05) is 45.2 Å². The van der Waals surface area contributed by atoms with Gasteiger partial charge in [-0.1, -0.05) is 26.8 Å². The van der Waals surface area contributed by atoms with E-state index in [4.69, 9.17) is 0 Å². The van der Waals surface area contributed by atoms with Gasteiger partial charge in [0.05, 0.1) is 0 Å². The van der Waals surface area contributed by atoms with Gasteiger partial charge in [-0.3, -0.25) is 0 Å². The van der Waals surface area contributed by atoms with Crippen molar-refractivity contribution in [2.24, 2.45) is 5.92 Å². The summed E-state index contributed by atoms with van der Waals surface area (Å²) in [6.45, 7) is 11.6. The number of pyridine rings is 1. The molecule has 0 aliphatic rings. The van der Waals surface area contributed by atoms with E-state index in [1.807, 2.05) is 6.20 Å². The molecule has 1 rings (SSSR count). The maximum atomic E-state index is 4.63. The Morgan fingerprint density at radius 2 is 1.95 bits per heavy atom. The molecule has 0 atom stereocenters. The van der Waals surface area contributed by atoms with Crippen LogP contribution in [-0.4, -0.2) is 50.2 Å². The Morgan fingerprint density at radius 3 is 2.45 bits per heavy atom. The molecule has 0 saturated heterocycles. The molecular formula is C16H30N4. The minimum Gasteiger partial charge on any atom is -0.355 e. The molecule has 0 aromatic carbocycles. The number of hydrogen-bond acceptors (Lipinski definition) is 4. The van der Waals surface area contributed by atoms with Crippen LogP contribution in [0, 0.1) is 5.92 Å². The number of hydrogen-bond donors (Lipinski definition) is 1. The van der Waals surface area contributed by atoms with Crippen LogP contribution in [0.15, 0.2) is 18.3 Å². The lowest BCUT2D eigenvalue weighted by atomic mass is 10.2. The summed E-state index contributed by atoms with van der Waals surface area (Å²) in [4.78, 5) is 9.22. The SMILES string of the molecule is CCNCc1ccc(N(CCN(C)C)CC(C)C)nc1. The van der Waals surface area contributed by atoms with E-state index in [0.29, 0.717) is 5.92 Å². The van der Waals surface area contributed by atoms with E-state index in [0.717, 1.165) is 38.5 Å². The summed E-state index contributed by atoms with van der Waals surface area (Å²) in [6, 6.07) is 4.32. The highest BCUT2D eigenvalue weighted by Crippen LogP contribution is 2.13. The van der Waals surface area contributed by atoms with Gasteiger partial charge < -0.3 is 15.1 Å². The number of likely N-dealkylation sites (N-methyl/N-ethyl adjacent to an activating group) is 1. The van der Waals surface area contributed by atoms with Crippen LogP contribution >= 0.6 is 0 Å². The molecule has 114 valence electrons. The fourth-order valence-corrected chi connectivity index (χ4v) is 2.04. The summed E-state index contributed by atoms with van der Waals surface area (Å²) in [5.41, 5.74) is 1.24. The first-order valence-corrected chi connectivity index (χ1v) is 7.58. The lowest BCUT2D eigenvalue weighted by Crippen LogP contribution is -2.35. The highest BCUT2D eigenvalue weighted by molar-refractivity contribution is 5.39. The lowest BCUT2D eigenvalue weighted by molar-refractivity contribution is 0.408. The molecule has 20 heavy (non-hydrogen) atoms. The summed E-state index contributed by atoms with van der Waals surface area (Å²) in [5.74, 6) is 1.72. The van der Waals surface area contributed by atoms with E-state index < -0.39 is 0 Å². The van der Waals surface area contributed by atoms with E-state index in [-0.39, 0.29) is 0 Å². The fourth-order valence-electron chi connectivity index (χ4n) is 2.04. The Kier molecular flexibility index (Phi) is 7.55. The molecular weight excluding hydrogens is 248 g/mol. The van der Waals surface area contributed by atoms with Crippen molar-refractivity contribution in [3.63, 3.8) is 0 Å². The van der Waals surface area contributed by atoms with Crippen LogP contribution in [-0.2, 0) is 6.54 Å². The van der Waals surface area contributed by atoms with Gasteiger partial charge in [-0.25, -0.2) is 4.98 Å². The van der Waals surface area contributed by atoms with E-state index in [1.54, 1.807) is 0 Å². The summed E-state index contributed by atoms with van der Waals surface area (Å²) in [6.07, 6.45) is 1.99. The number of nitrogens with one attached hydrogen (secondary N) is 1. The number of rotatable bonds is 9. The smallest absolute Gasteiger partial charge is 0.128 e. The topological polar surface area (TPSA) is 31.4 Å². The van der Waals surface area contributed by atoms with Gasteiger partial charge in [-0.15, -0.1) is 0 Å². The first-order chi connectivity index (χ1) is 9.52. The summed E-state index contributed by atoms with van der Waals surface area (Å²) in [5, 5.41) is 3.33. The van der Waals surface area contributed by atoms with Crippen molar-refractivity contribution in [3.05, 3.63) is 23.9 Å². The van der Waals surface area contributed by atoms with E-state index in [1.165, 1.54) is 5.56 Å². The van der Waals surface area contributed by atoms with E-state index in [9.17, 15) is 0 Å². The van der Waals surface area contributed by atoms with Crippen LogP contribution in [0.2, 0.25) is 0 Å². The monoisotopic (exact) mass is 278 g/mol. The van der Waals surface area contributed by atoms with Gasteiger partial charge in [0.2, 0.25) is 0 Å². The Balaban J connectivity index is 2.68. The second-order valence-corrected chi connectivity index (χ2v) is 5.95. The standard InChI is InChI=1S/C16H30N4/c1-6-17-11-15-7-8-16(18-12-15)20(13-14(2)3)10-9-19(4)5/h7-8,12,14,17H,6,9-11,13H2,1-5H3. The molecule has 1 aromatic heterocycles.